The molecule has 1 saturated heterocycles. The SMILES string of the molecule is c1ccc([C@H]2CCc3nc4ccc(-c5ccnc(OC6CCC67CCCNC7)c5)nc4n32)cc1. The molecule has 1 spiro atoms. The zero-order chi connectivity index (χ0) is 22.5. The monoisotopic (exact) mass is 451 g/mol. The van der Waals surface area contributed by atoms with Crippen LogP contribution in [0.2, 0.25) is 0 Å². The number of pyridine rings is 2. The Kier molecular flexibility index (Phi) is 4.69. The quantitative estimate of drug-likeness (QED) is 0.476. The third kappa shape index (κ3) is 3.23. The van der Waals surface area contributed by atoms with Crippen molar-refractivity contribution < 1.29 is 4.74 Å². The normalized spacial score (nSPS) is 25.9. The number of aryl methyl sites for hydroxylation is 1. The van der Waals surface area contributed by atoms with Gasteiger partial charge >= 0.3 is 0 Å². The summed E-state index contributed by atoms with van der Waals surface area (Å²) in [6, 6.07) is 19.2. The van der Waals surface area contributed by atoms with Gasteiger partial charge in [-0.25, -0.2) is 15.0 Å². The summed E-state index contributed by atoms with van der Waals surface area (Å²) in [5.74, 6) is 1.83. The number of ether oxygens (including phenoxy) is 1. The van der Waals surface area contributed by atoms with Gasteiger partial charge in [0, 0.05) is 36.2 Å². The van der Waals surface area contributed by atoms with E-state index in [2.05, 4.69) is 57.3 Å². The zero-order valence-electron chi connectivity index (χ0n) is 19.3. The largest absolute Gasteiger partial charge is 0.474 e. The molecule has 34 heavy (non-hydrogen) atoms. The summed E-state index contributed by atoms with van der Waals surface area (Å²) in [4.78, 5) is 14.5. The summed E-state index contributed by atoms with van der Waals surface area (Å²) in [5.41, 5.74) is 5.50. The lowest BCUT2D eigenvalue weighted by atomic mass is 9.62. The topological polar surface area (TPSA) is 64.9 Å². The van der Waals surface area contributed by atoms with Gasteiger partial charge < -0.3 is 14.6 Å². The van der Waals surface area contributed by atoms with Crippen molar-refractivity contribution >= 4 is 11.2 Å². The molecule has 1 saturated carbocycles. The number of hydrogen-bond acceptors (Lipinski definition) is 5. The van der Waals surface area contributed by atoms with E-state index in [0.717, 1.165) is 60.6 Å². The summed E-state index contributed by atoms with van der Waals surface area (Å²) in [5, 5.41) is 3.56. The number of fused-ring (bicyclic) bond motifs is 3. The molecule has 0 bridgehead atoms. The minimum atomic E-state index is 0.253. The van der Waals surface area contributed by atoms with Crippen LogP contribution in [0, 0.1) is 5.41 Å². The number of imidazole rings is 1. The summed E-state index contributed by atoms with van der Waals surface area (Å²) >= 11 is 0. The maximum atomic E-state index is 6.43. The Labute approximate surface area is 199 Å². The van der Waals surface area contributed by atoms with Crippen LogP contribution < -0.4 is 10.1 Å². The van der Waals surface area contributed by atoms with Crippen molar-refractivity contribution in [1.29, 1.82) is 0 Å². The Morgan fingerprint density at radius 2 is 1.94 bits per heavy atom. The lowest BCUT2D eigenvalue weighted by molar-refractivity contribution is -0.0627. The van der Waals surface area contributed by atoms with Gasteiger partial charge in [-0.2, -0.15) is 0 Å². The van der Waals surface area contributed by atoms with E-state index in [1.54, 1.807) is 0 Å². The molecule has 2 aliphatic heterocycles. The molecule has 5 heterocycles. The van der Waals surface area contributed by atoms with Gasteiger partial charge in [0.15, 0.2) is 5.65 Å². The molecule has 2 fully saturated rings. The fraction of sp³-hybridized carbons (Fsp3) is 0.393. The van der Waals surface area contributed by atoms with Crippen LogP contribution in [0.5, 0.6) is 5.88 Å². The van der Waals surface area contributed by atoms with Gasteiger partial charge in [0.2, 0.25) is 5.88 Å². The lowest BCUT2D eigenvalue weighted by Crippen LogP contribution is -2.56. The number of rotatable bonds is 4. The third-order valence-electron chi connectivity index (χ3n) is 8.13. The molecule has 1 aromatic carbocycles. The average molecular weight is 452 g/mol. The summed E-state index contributed by atoms with van der Waals surface area (Å²) in [6.07, 6.45) is 8.99. The van der Waals surface area contributed by atoms with Crippen molar-refractivity contribution in [3.8, 4) is 17.1 Å². The van der Waals surface area contributed by atoms with Crippen molar-refractivity contribution in [3.63, 3.8) is 0 Å². The molecule has 2 unspecified atom stereocenters. The van der Waals surface area contributed by atoms with Crippen LogP contribution in [0.3, 0.4) is 0 Å². The van der Waals surface area contributed by atoms with E-state index >= 15 is 0 Å². The molecule has 172 valence electrons. The van der Waals surface area contributed by atoms with Gasteiger partial charge in [-0.1, -0.05) is 30.3 Å². The number of hydrogen-bond donors (Lipinski definition) is 1. The van der Waals surface area contributed by atoms with E-state index in [1.165, 1.54) is 24.8 Å². The smallest absolute Gasteiger partial charge is 0.214 e. The summed E-state index contributed by atoms with van der Waals surface area (Å²) in [6.45, 7) is 2.18. The van der Waals surface area contributed by atoms with E-state index in [0.29, 0.717) is 11.9 Å². The van der Waals surface area contributed by atoms with Crippen LogP contribution in [0.1, 0.15) is 49.5 Å². The number of nitrogens with one attached hydrogen (secondary N) is 1. The first kappa shape index (κ1) is 20.2. The summed E-state index contributed by atoms with van der Waals surface area (Å²) < 4.78 is 8.77. The second kappa shape index (κ2) is 7.91. The molecule has 1 N–H and O–H groups in total. The molecule has 3 aromatic heterocycles. The molecule has 0 radical (unpaired) electrons. The van der Waals surface area contributed by atoms with Crippen molar-refractivity contribution in [2.24, 2.45) is 5.41 Å². The fourth-order valence-corrected chi connectivity index (χ4v) is 6.18. The second-order valence-corrected chi connectivity index (χ2v) is 10.1. The minimum Gasteiger partial charge on any atom is -0.474 e. The number of benzene rings is 1. The van der Waals surface area contributed by atoms with E-state index in [4.69, 9.17) is 14.7 Å². The highest BCUT2D eigenvalue weighted by molar-refractivity contribution is 5.77. The Balaban J connectivity index is 1.20. The van der Waals surface area contributed by atoms with Crippen LogP contribution in [0.4, 0.5) is 0 Å². The Hall–Kier alpha value is -3.25. The molecule has 7 rings (SSSR count). The lowest BCUT2D eigenvalue weighted by Gasteiger charge is -2.51. The minimum absolute atomic E-state index is 0.253. The molecule has 6 nitrogen and oxygen atoms in total. The predicted molar refractivity (Wildman–Crippen MR) is 132 cm³/mol. The third-order valence-corrected chi connectivity index (χ3v) is 8.13. The maximum Gasteiger partial charge on any atom is 0.214 e. The van der Waals surface area contributed by atoms with E-state index in [-0.39, 0.29) is 11.5 Å². The van der Waals surface area contributed by atoms with Gasteiger partial charge in [-0.15, -0.1) is 0 Å². The van der Waals surface area contributed by atoms with Crippen LogP contribution in [-0.2, 0) is 6.42 Å². The molecule has 3 aliphatic rings. The molecule has 4 aromatic rings. The van der Waals surface area contributed by atoms with Crippen molar-refractivity contribution in [1.82, 2.24) is 24.8 Å². The van der Waals surface area contributed by atoms with Crippen LogP contribution in [0.15, 0.2) is 60.8 Å². The van der Waals surface area contributed by atoms with Gasteiger partial charge in [0.25, 0.3) is 0 Å². The van der Waals surface area contributed by atoms with Crippen molar-refractivity contribution in [3.05, 3.63) is 72.2 Å². The second-order valence-electron chi connectivity index (χ2n) is 10.1. The standard InChI is InChI=1S/C28H29N5O/c1-2-5-19(6-3-1)23-9-10-25-31-22-8-7-21(32-27(22)33(23)25)20-12-16-30-26(17-20)34-24-11-14-28(24)13-4-15-29-18-28/h1-3,5-8,12,16-17,23-24,29H,4,9-11,13-15,18H2/t23-,24?,28?/m1/s1. The number of piperidine rings is 1. The first-order chi connectivity index (χ1) is 16.8. The Bertz CT molecular complexity index is 1340. The molecule has 1 aliphatic carbocycles. The summed E-state index contributed by atoms with van der Waals surface area (Å²) in [7, 11) is 0. The molecule has 3 atom stereocenters. The van der Waals surface area contributed by atoms with Crippen molar-refractivity contribution in [2.45, 2.75) is 50.7 Å². The van der Waals surface area contributed by atoms with E-state index in [1.807, 2.05) is 18.3 Å². The highest BCUT2D eigenvalue weighted by atomic mass is 16.5. The molecular formula is C28H29N5O. The van der Waals surface area contributed by atoms with Gasteiger partial charge in [0.1, 0.15) is 17.4 Å². The van der Waals surface area contributed by atoms with E-state index in [9.17, 15) is 0 Å². The van der Waals surface area contributed by atoms with Gasteiger partial charge in [-0.05, 0) is 62.4 Å². The van der Waals surface area contributed by atoms with Crippen LogP contribution >= 0.6 is 0 Å². The number of aromatic nitrogens is 4. The Morgan fingerprint density at radius 1 is 1.00 bits per heavy atom. The fourth-order valence-electron chi connectivity index (χ4n) is 6.18. The molecule has 6 heteroatoms. The van der Waals surface area contributed by atoms with Gasteiger partial charge in [-0.3, -0.25) is 0 Å². The molecular weight excluding hydrogens is 422 g/mol. The first-order valence-electron chi connectivity index (χ1n) is 12.6. The number of nitrogens with zero attached hydrogens (tertiary/aromatic N) is 4. The first-order valence-corrected chi connectivity index (χ1v) is 12.6. The zero-order valence-corrected chi connectivity index (χ0v) is 19.3. The molecule has 0 amide bonds. The Morgan fingerprint density at radius 3 is 2.76 bits per heavy atom. The maximum absolute atomic E-state index is 6.43. The highest BCUT2D eigenvalue weighted by Gasteiger charge is 2.49. The van der Waals surface area contributed by atoms with Crippen LogP contribution in [-0.4, -0.2) is 38.7 Å². The highest BCUT2D eigenvalue weighted by Crippen LogP contribution is 2.47. The van der Waals surface area contributed by atoms with Crippen molar-refractivity contribution in [2.75, 3.05) is 13.1 Å². The van der Waals surface area contributed by atoms with Gasteiger partial charge in [0.05, 0.1) is 11.7 Å². The van der Waals surface area contributed by atoms with E-state index < -0.39 is 0 Å². The average Bonchev–Trinajstić information content (AvgIpc) is 3.47. The predicted octanol–water partition coefficient (Wildman–Crippen LogP) is 4.94. The van der Waals surface area contributed by atoms with Crippen LogP contribution in [0.25, 0.3) is 22.4 Å².